The fourth-order valence-electron chi connectivity index (χ4n) is 1.92. The predicted octanol–water partition coefficient (Wildman–Crippen LogP) is 4.33. The lowest BCUT2D eigenvalue weighted by atomic mass is 9.79. The van der Waals surface area contributed by atoms with Gasteiger partial charge in [-0.05, 0) is 34.1 Å². The van der Waals surface area contributed by atoms with Crippen LogP contribution in [-0.4, -0.2) is 10.2 Å². The van der Waals surface area contributed by atoms with Gasteiger partial charge in [-0.2, -0.15) is 0 Å². The fourth-order valence-corrected chi connectivity index (χ4v) is 1.92. The summed E-state index contributed by atoms with van der Waals surface area (Å²) in [5.41, 5.74) is 3.75. The standard InChI is InChI=1S/C16H22N2O/c1-15(2,3)12-7-11(14-18-17-10-19-14)8-13(9-12)16(4,5)6/h7-10H,1-6H3. The van der Waals surface area contributed by atoms with E-state index in [-0.39, 0.29) is 10.8 Å². The van der Waals surface area contributed by atoms with Gasteiger partial charge in [0.1, 0.15) is 0 Å². The molecule has 0 aliphatic carbocycles. The van der Waals surface area contributed by atoms with Crippen LogP contribution in [0.1, 0.15) is 52.7 Å². The summed E-state index contributed by atoms with van der Waals surface area (Å²) in [5, 5.41) is 7.78. The van der Waals surface area contributed by atoms with E-state index in [4.69, 9.17) is 4.42 Å². The topological polar surface area (TPSA) is 38.9 Å². The largest absolute Gasteiger partial charge is 0.423 e. The zero-order valence-corrected chi connectivity index (χ0v) is 12.6. The van der Waals surface area contributed by atoms with Crippen molar-refractivity contribution in [3.63, 3.8) is 0 Å². The molecule has 0 saturated carbocycles. The van der Waals surface area contributed by atoms with E-state index >= 15 is 0 Å². The summed E-state index contributed by atoms with van der Waals surface area (Å²) in [7, 11) is 0. The predicted molar refractivity (Wildman–Crippen MR) is 77.1 cm³/mol. The van der Waals surface area contributed by atoms with Gasteiger partial charge in [-0.15, -0.1) is 10.2 Å². The summed E-state index contributed by atoms with van der Waals surface area (Å²) < 4.78 is 5.33. The molecule has 0 aliphatic heterocycles. The van der Waals surface area contributed by atoms with Gasteiger partial charge < -0.3 is 4.42 Å². The SMILES string of the molecule is CC(C)(C)c1cc(-c2nnco2)cc(C(C)(C)C)c1. The number of hydrogen-bond acceptors (Lipinski definition) is 3. The summed E-state index contributed by atoms with van der Waals surface area (Å²) in [6.07, 6.45) is 1.37. The Hall–Kier alpha value is -1.64. The van der Waals surface area contributed by atoms with E-state index in [1.807, 2.05) is 0 Å². The summed E-state index contributed by atoms with van der Waals surface area (Å²) in [5.74, 6) is 0.580. The summed E-state index contributed by atoms with van der Waals surface area (Å²) in [4.78, 5) is 0. The first-order chi connectivity index (χ1) is 8.68. The average Bonchev–Trinajstić information content (AvgIpc) is 2.79. The van der Waals surface area contributed by atoms with Crippen LogP contribution in [0, 0.1) is 0 Å². The Balaban J connectivity index is 2.62. The highest BCUT2D eigenvalue weighted by molar-refractivity contribution is 5.57. The molecule has 0 N–H and O–H groups in total. The van der Waals surface area contributed by atoms with Crippen LogP contribution in [0.4, 0.5) is 0 Å². The Bertz CT molecular complexity index is 525. The highest BCUT2D eigenvalue weighted by Crippen LogP contribution is 2.33. The van der Waals surface area contributed by atoms with Crippen LogP contribution < -0.4 is 0 Å². The molecule has 102 valence electrons. The van der Waals surface area contributed by atoms with E-state index < -0.39 is 0 Å². The van der Waals surface area contributed by atoms with Crippen LogP contribution in [0.25, 0.3) is 11.5 Å². The number of nitrogens with zero attached hydrogens (tertiary/aromatic N) is 2. The van der Waals surface area contributed by atoms with E-state index in [0.717, 1.165) is 5.56 Å². The van der Waals surface area contributed by atoms with Crippen LogP contribution in [-0.2, 0) is 10.8 Å². The van der Waals surface area contributed by atoms with Crippen LogP contribution in [0.3, 0.4) is 0 Å². The van der Waals surface area contributed by atoms with Crippen molar-refractivity contribution in [3.8, 4) is 11.5 Å². The smallest absolute Gasteiger partial charge is 0.247 e. The van der Waals surface area contributed by atoms with Crippen LogP contribution in [0.5, 0.6) is 0 Å². The van der Waals surface area contributed by atoms with Gasteiger partial charge in [-0.25, -0.2) is 0 Å². The second-order valence-corrected chi connectivity index (χ2v) is 7.04. The molecule has 0 unspecified atom stereocenters. The van der Waals surface area contributed by atoms with Crippen molar-refractivity contribution in [2.45, 2.75) is 52.4 Å². The molecule has 0 amide bonds. The van der Waals surface area contributed by atoms with Gasteiger partial charge in [0.15, 0.2) is 0 Å². The number of aromatic nitrogens is 2. The van der Waals surface area contributed by atoms with E-state index in [1.165, 1.54) is 17.5 Å². The lowest BCUT2D eigenvalue weighted by Gasteiger charge is -2.25. The van der Waals surface area contributed by atoms with Crippen LogP contribution in [0.15, 0.2) is 29.0 Å². The molecule has 1 aromatic carbocycles. The molecular weight excluding hydrogens is 236 g/mol. The van der Waals surface area contributed by atoms with Crippen molar-refractivity contribution in [1.82, 2.24) is 10.2 Å². The molecule has 2 aromatic rings. The van der Waals surface area contributed by atoms with E-state index in [9.17, 15) is 0 Å². The van der Waals surface area contributed by atoms with Crippen molar-refractivity contribution < 1.29 is 4.42 Å². The first kappa shape index (κ1) is 13.8. The van der Waals surface area contributed by atoms with Gasteiger partial charge in [-0.3, -0.25) is 0 Å². The van der Waals surface area contributed by atoms with Gasteiger partial charge in [0, 0.05) is 5.56 Å². The van der Waals surface area contributed by atoms with Crippen LogP contribution in [0.2, 0.25) is 0 Å². The minimum absolute atomic E-state index is 0.0933. The van der Waals surface area contributed by atoms with Gasteiger partial charge in [0.25, 0.3) is 0 Å². The maximum absolute atomic E-state index is 5.33. The van der Waals surface area contributed by atoms with Crippen molar-refractivity contribution >= 4 is 0 Å². The lowest BCUT2D eigenvalue weighted by Crippen LogP contribution is -2.16. The third-order valence-electron chi connectivity index (χ3n) is 3.27. The quantitative estimate of drug-likeness (QED) is 0.764. The second kappa shape index (κ2) is 4.48. The molecule has 3 heteroatoms. The molecule has 1 heterocycles. The first-order valence-corrected chi connectivity index (χ1v) is 6.60. The molecule has 0 fully saturated rings. The molecule has 0 bridgehead atoms. The zero-order chi connectivity index (χ0) is 14.3. The van der Waals surface area contributed by atoms with Gasteiger partial charge >= 0.3 is 0 Å². The Morgan fingerprint density at radius 1 is 0.842 bits per heavy atom. The molecule has 0 spiro atoms. The number of rotatable bonds is 1. The summed E-state index contributed by atoms with van der Waals surface area (Å²) in [6, 6.07) is 6.56. The minimum Gasteiger partial charge on any atom is -0.423 e. The fraction of sp³-hybridized carbons (Fsp3) is 0.500. The molecule has 0 saturated heterocycles. The van der Waals surface area contributed by atoms with Crippen molar-refractivity contribution in [1.29, 1.82) is 0 Å². The average molecular weight is 258 g/mol. The van der Waals surface area contributed by atoms with Crippen LogP contribution >= 0.6 is 0 Å². The highest BCUT2D eigenvalue weighted by atomic mass is 16.4. The zero-order valence-electron chi connectivity index (χ0n) is 12.6. The highest BCUT2D eigenvalue weighted by Gasteiger charge is 2.21. The van der Waals surface area contributed by atoms with E-state index in [0.29, 0.717) is 5.89 Å². The van der Waals surface area contributed by atoms with E-state index in [2.05, 4.69) is 69.9 Å². The molecule has 2 rings (SSSR count). The molecule has 3 nitrogen and oxygen atoms in total. The Labute approximate surface area is 115 Å². The van der Waals surface area contributed by atoms with E-state index in [1.54, 1.807) is 0 Å². The van der Waals surface area contributed by atoms with Gasteiger partial charge in [-0.1, -0.05) is 47.6 Å². The maximum Gasteiger partial charge on any atom is 0.247 e. The Morgan fingerprint density at radius 3 is 1.74 bits per heavy atom. The van der Waals surface area contributed by atoms with Crippen molar-refractivity contribution in [2.75, 3.05) is 0 Å². The number of benzene rings is 1. The Kier molecular flexibility index (Phi) is 3.25. The third-order valence-corrected chi connectivity index (χ3v) is 3.27. The monoisotopic (exact) mass is 258 g/mol. The molecule has 0 atom stereocenters. The maximum atomic E-state index is 5.33. The normalized spacial score (nSPS) is 12.7. The first-order valence-electron chi connectivity index (χ1n) is 6.60. The molecule has 0 aliphatic rings. The summed E-state index contributed by atoms with van der Waals surface area (Å²) >= 11 is 0. The number of hydrogen-bond donors (Lipinski definition) is 0. The lowest BCUT2D eigenvalue weighted by molar-refractivity contribution is 0.559. The molecule has 1 aromatic heterocycles. The molecule has 19 heavy (non-hydrogen) atoms. The molecule has 0 radical (unpaired) electrons. The third kappa shape index (κ3) is 3.03. The van der Waals surface area contributed by atoms with Crippen molar-refractivity contribution in [3.05, 3.63) is 35.7 Å². The van der Waals surface area contributed by atoms with Gasteiger partial charge in [0.2, 0.25) is 12.3 Å². The second-order valence-electron chi connectivity index (χ2n) is 7.04. The minimum atomic E-state index is 0.0933. The summed E-state index contributed by atoms with van der Waals surface area (Å²) in [6.45, 7) is 13.3. The Morgan fingerprint density at radius 2 is 1.37 bits per heavy atom. The van der Waals surface area contributed by atoms with Crippen molar-refractivity contribution in [2.24, 2.45) is 0 Å². The van der Waals surface area contributed by atoms with Gasteiger partial charge in [0.05, 0.1) is 0 Å². The molecular formula is C16H22N2O.